The molecule has 4 nitrogen and oxygen atoms in total. The molecule has 1 aromatic rings. The molecule has 0 spiro atoms. The minimum atomic E-state index is 0.0731. The van der Waals surface area contributed by atoms with E-state index < -0.39 is 0 Å². The van der Waals surface area contributed by atoms with Crippen LogP contribution in [0.15, 0.2) is 24.3 Å². The number of piperidine rings is 1. The SMILES string of the molecule is CC(C)COc1cccc(NC(=O)C2CCCNC2)c1. The number of hydrogen-bond donors (Lipinski definition) is 2. The largest absolute Gasteiger partial charge is 0.493 e. The molecule has 1 aliphatic heterocycles. The van der Waals surface area contributed by atoms with E-state index in [2.05, 4.69) is 24.5 Å². The van der Waals surface area contributed by atoms with Crippen LogP contribution in [-0.4, -0.2) is 25.6 Å². The van der Waals surface area contributed by atoms with Crippen molar-refractivity contribution in [3.63, 3.8) is 0 Å². The quantitative estimate of drug-likeness (QED) is 0.869. The van der Waals surface area contributed by atoms with Gasteiger partial charge in [0, 0.05) is 18.3 Å². The van der Waals surface area contributed by atoms with Gasteiger partial charge in [-0.25, -0.2) is 0 Å². The Hall–Kier alpha value is -1.55. The fourth-order valence-corrected chi connectivity index (χ4v) is 2.25. The number of anilines is 1. The van der Waals surface area contributed by atoms with E-state index in [1.165, 1.54) is 0 Å². The van der Waals surface area contributed by atoms with Crippen molar-refractivity contribution in [3.8, 4) is 5.75 Å². The van der Waals surface area contributed by atoms with Crippen LogP contribution >= 0.6 is 0 Å². The molecule has 2 N–H and O–H groups in total. The van der Waals surface area contributed by atoms with Gasteiger partial charge in [-0.1, -0.05) is 19.9 Å². The zero-order valence-electron chi connectivity index (χ0n) is 12.3. The lowest BCUT2D eigenvalue weighted by Crippen LogP contribution is -2.37. The average Bonchev–Trinajstić information content (AvgIpc) is 2.46. The highest BCUT2D eigenvalue weighted by Gasteiger charge is 2.20. The van der Waals surface area contributed by atoms with Crippen LogP contribution in [0.1, 0.15) is 26.7 Å². The Morgan fingerprint density at radius 1 is 1.50 bits per heavy atom. The van der Waals surface area contributed by atoms with Crippen LogP contribution in [-0.2, 0) is 4.79 Å². The molecule has 110 valence electrons. The number of rotatable bonds is 5. The van der Waals surface area contributed by atoms with Crippen molar-refractivity contribution in [2.24, 2.45) is 11.8 Å². The van der Waals surface area contributed by atoms with E-state index in [0.717, 1.165) is 37.4 Å². The van der Waals surface area contributed by atoms with Crippen LogP contribution in [0.2, 0.25) is 0 Å². The van der Waals surface area contributed by atoms with Crippen molar-refractivity contribution < 1.29 is 9.53 Å². The summed E-state index contributed by atoms with van der Waals surface area (Å²) in [7, 11) is 0. The minimum absolute atomic E-state index is 0.0731. The Labute approximate surface area is 120 Å². The molecule has 1 aromatic carbocycles. The molecule has 0 aliphatic carbocycles. The smallest absolute Gasteiger partial charge is 0.228 e. The third-order valence-electron chi connectivity index (χ3n) is 3.35. The summed E-state index contributed by atoms with van der Waals surface area (Å²) in [4.78, 5) is 12.2. The summed E-state index contributed by atoms with van der Waals surface area (Å²) in [5, 5.41) is 6.24. The second-order valence-corrected chi connectivity index (χ2v) is 5.77. The Bertz CT molecular complexity index is 440. The van der Waals surface area contributed by atoms with E-state index >= 15 is 0 Å². The van der Waals surface area contributed by atoms with Gasteiger partial charge in [-0.3, -0.25) is 4.79 Å². The number of hydrogen-bond acceptors (Lipinski definition) is 3. The molecule has 0 aromatic heterocycles. The van der Waals surface area contributed by atoms with Gasteiger partial charge in [-0.05, 0) is 37.4 Å². The third kappa shape index (κ3) is 4.53. The first-order valence-corrected chi connectivity index (χ1v) is 7.39. The van der Waals surface area contributed by atoms with Gasteiger partial charge in [0.15, 0.2) is 0 Å². The van der Waals surface area contributed by atoms with Crippen molar-refractivity contribution in [1.82, 2.24) is 5.32 Å². The van der Waals surface area contributed by atoms with Crippen molar-refractivity contribution >= 4 is 11.6 Å². The lowest BCUT2D eigenvalue weighted by Gasteiger charge is -2.22. The zero-order valence-corrected chi connectivity index (χ0v) is 12.3. The molecule has 2 rings (SSSR count). The number of benzene rings is 1. The van der Waals surface area contributed by atoms with Crippen molar-refractivity contribution in [3.05, 3.63) is 24.3 Å². The molecule has 1 unspecified atom stereocenters. The van der Waals surface area contributed by atoms with Gasteiger partial charge < -0.3 is 15.4 Å². The van der Waals surface area contributed by atoms with Gasteiger partial charge in [0.05, 0.1) is 12.5 Å². The van der Waals surface area contributed by atoms with Crippen molar-refractivity contribution in [1.29, 1.82) is 0 Å². The molecule has 1 atom stereocenters. The first-order valence-electron chi connectivity index (χ1n) is 7.39. The van der Waals surface area contributed by atoms with Gasteiger partial charge in [0.25, 0.3) is 0 Å². The number of amides is 1. The van der Waals surface area contributed by atoms with Gasteiger partial charge in [0.1, 0.15) is 5.75 Å². The van der Waals surface area contributed by atoms with Crippen LogP contribution in [0.3, 0.4) is 0 Å². The van der Waals surface area contributed by atoms with E-state index in [-0.39, 0.29) is 11.8 Å². The van der Waals surface area contributed by atoms with E-state index in [1.807, 2.05) is 24.3 Å². The van der Waals surface area contributed by atoms with Crippen LogP contribution in [0.5, 0.6) is 5.75 Å². The zero-order chi connectivity index (χ0) is 14.4. The molecular weight excluding hydrogens is 252 g/mol. The number of carbonyl (C=O) groups is 1. The minimum Gasteiger partial charge on any atom is -0.493 e. The standard InChI is InChI=1S/C16H24N2O2/c1-12(2)11-20-15-7-3-6-14(9-15)18-16(19)13-5-4-8-17-10-13/h3,6-7,9,12-13,17H,4-5,8,10-11H2,1-2H3,(H,18,19). The van der Waals surface area contributed by atoms with E-state index in [4.69, 9.17) is 4.74 Å². The third-order valence-corrected chi connectivity index (χ3v) is 3.35. The molecule has 1 saturated heterocycles. The van der Waals surface area contributed by atoms with Gasteiger partial charge in [-0.2, -0.15) is 0 Å². The normalized spacial score (nSPS) is 18.9. The fraction of sp³-hybridized carbons (Fsp3) is 0.562. The first-order chi connectivity index (χ1) is 9.65. The summed E-state index contributed by atoms with van der Waals surface area (Å²) in [5.41, 5.74) is 0.807. The Balaban J connectivity index is 1.91. The predicted octanol–water partition coefficient (Wildman–Crippen LogP) is 2.66. The van der Waals surface area contributed by atoms with E-state index in [1.54, 1.807) is 0 Å². The lowest BCUT2D eigenvalue weighted by atomic mass is 9.99. The molecular formula is C16H24N2O2. The number of ether oxygens (including phenoxy) is 1. The fourth-order valence-electron chi connectivity index (χ4n) is 2.25. The van der Waals surface area contributed by atoms with Gasteiger partial charge in [-0.15, -0.1) is 0 Å². The first kappa shape index (κ1) is 14.9. The topological polar surface area (TPSA) is 50.4 Å². The van der Waals surface area contributed by atoms with E-state index in [9.17, 15) is 4.79 Å². The maximum Gasteiger partial charge on any atom is 0.228 e. The summed E-state index contributed by atoms with van der Waals surface area (Å²) in [5.74, 6) is 1.46. The molecule has 1 amide bonds. The summed E-state index contributed by atoms with van der Waals surface area (Å²) in [6.45, 7) is 6.70. The average molecular weight is 276 g/mol. The highest BCUT2D eigenvalue weighted by Crippen LogP contribution is 2.20. The Morgan fingerprint density at radius 2 is 2.35 bits per heavy atom. The summed E-state index contributed by atoms with van der Waals surface area (Å²) in [6.07, 6.45) is 2.03. The van der Waals surface area contributed by atoms with Crippen LogP contribution in [0.25, 0.3) is 0 Å². The Morgan fingerprint density at radius 3 is 3.05 bits per heavy atom. The molecule has 0 bridgehead atoms. The highest BCUT2D eigenvalue weighted by atomic mass is 16.5. The van der Waals surface area contributed by atoms with Crippen molar-refractivity contribution in [2.75, 3.05) is 25.0 Å². The molecule has 1 aliphatic rings. The molecule has 1 heterocycles. The number of carbonyl (C=O) groups excluding carboxylic acids is 1. The summed E-state index contributed by atoms with van der Waals surface area (Å²) >= 11 is 0. The monoisotopic (exact) mass is 276 g/mol. The van der Waals surface area contributed by atoms with Crippen LogP contribution < -0.4 is 15.4 Å². The molecule has 4 heteroatoms. The number of nitrogens with one attached hydrogen (secondary N) is 2. The second-order valence-electron chi connectivity index (χ2n) is 5.77. The second kappa shape index (κ2) is 7.29. The molecule has 1 fully saturated rings. The maximum absolute atomic E-state index is 12.2. The molecule has 0 radical (unpaired) electrons. The van der Waals surface area contributed by atoms with Gasteiger partial charge >= 0.3 is 0 Å². The lowest BCUT2D eigenvalue weighted by molar-refractivity contribution is -0.120. The van der Waals surface area contributed by atoms with Crippen LogP contribution in [0.4, 0.5) is 5.69 Å². The molecule has 0 saturated carbocycles. The maximum atomic E-state index is 12.2. The Kier molecular flexibility index (Phi) is 5.41. The molecule has 20 heavy (non-hydrogen) atoms. The summed E-state index contributed by atoms with van der Waals surface area (Å²) in [6, 6.07) is 7.61. The van der Waals surface area contributed by atoms with Crippen LogP contribution in [0, 0.1) is 11.8 Å². The summed E-state index contributed by atoms with van der Waals surface area (Å²) < 4.78 is 5.67. The van der Waals surface area contributed by atoms with E-state index in [0.29, 0.717) is 12.5 Å². The predicted molar refractivity (Wildman–Crippen MR) is 81.0 cm³/mol. The van der Waals surface area contributed by atoms with Crippen molar-refractivity contribution in [2.45, 2.75) is 26.7 Å². The highest BCUT2D eigenvalue weighted by molar-refractivity contribution is 5.92. The van der Waals surface area contributed by atoms with Gasteiger partial charge in [0.2, 0.25) is 5.91 Å².